The summed E-state index contributed by atoms with van der Waals surface area (Å²) in [7, 11) is 0. The molecule has 0 aliphatic heterocycles. The van der Waals surface area contributed by atoms with Crippen LogP contribution in [0.25, 0.3) is 10.4 Å². The molecule has 0 amide bonds. The molecule has 1 aromatic rings. The molecule has 3 nitrogen and oxygen atoms in total. The van der Waals surface area contributed by atoms with Gasteiger partial charge in [-0.1, -0.05) is 16.7 Å². The van der Waals surface area contributed by atoms with Crippen LogP contribution in [0.5, 0.6) is 0 Å². The third-order valence-electron chi connectivity index (χ3n) is 1.58. The third-order valence-corrected chi connectivity index (χ3v) is 1.87. The van der Waals surface area contributed by atoms with E-state index in [0.29, 0.717) is 0 Å². The van der Waals surface area contributed by atoms with Crippen molar-refractivity contribution in [3.05, 3.63) is 38.7 Å². The summed E-state index contributed by atoms with van der Waals surface area (Å²) in [6.45, 7) is 0. The van der Waals surface area contributed by atoms with Crippen LogP contribution in [0, 0.1) is 11.6 Å². The topological polar surface area (TPSA) is 48.8 Å². The second kappa shape index (κ2) is 4.15. The zero-order chi connectivity index (χ0) is 12.5. The van der Waals surface area contributed by atoms with Gasteiger partial charge in [-0.3, -0.25) is 0 Å². The van der Waals surface area contributed by atoms with Gasteiger partial charge in [0.15, 0.2) is 11.6 Å². The van der Waals surface area contributed by atoms with E-state index in [9.17, 15) is 22.0 Å². The first kappa shape index (κ1) is 12.5. The van der Waals surface area contributed by atoms with Gasteiger partial charge in [0.2, 0.25) is 0 Å². The standard InChI is InChI=1S/C7HClF5N3/c8-3-1-2(7(11,12)13)4(9)5(10)6(3)15-16-14/h1H. The number of hydrogen-bond donors (Lipinski definition) is 0. The Labute approximate surface area is 90.1 Å². The summed E-state index contributed by atoms with van der Waals surface area (Å²) in [5.41, 5.74) is 5.12. The number of azide groups is 1. The van der Waals surface area contributed by atoms with Crippen molar-refractivity contribution in [2.75, 3.05) is 0 Å². The summed E-state index contributed by atoms with van der Waals surface area (Å²) < 4.78 is 62.4. The van der Waals surface area contributed by atoms with Crippen LogP contribution in [0.4, 0.5) is 27.6 Å². The Balaban J connectivity index is 3.57. The fraction of sp³-hybridized carbons (Fsp3) is 0.143. The van der Waals surface area contributed by atoms with Gasteiger partial charge in [-0.25, -0.2) is 8.78 Å². The number of halogens is 6. The second-order valence-corrected chi connectivity index (χ2v) is 2.98. The van der Waals surface area contributed by atoms with E-state index >= 15 is 0 Å². The first-order valence-electron chi connectivity index (χ1n) is 3.58. The molecule has 0 saturated carbocycles. The number of benzene rings is 1. The van der Waals surface area contributed by atoms with Crippen molar-refractivity contribution in [2.45, 2.75) is 6.18 Å². The zero-order valence-electron chi connectivity index (χ0n) is 7.19. The molecule has 0 saturated heterocycles. The summed E-state index contributed by atoms with van der Waals surface area (Å²) in [4.78, 5) is 2.11. The second-order valence-electron chi connectivity index (χ2n) is 2.57. The molecule has 0 aromatic heterocycles. The van der Waals surface area contributed by atoms with Gasteiger partial charge >= 0.3 is 6.18 Å². The predicted octanol–water partition coefficient (Wildman–Crippen LogP) is 4.58. The van der Waals surface area contributed by atoms with Gasteiger partial charge in [0, 0.05) is 4.91 Å². The highest BCUT2D eigenvalue weighted by molar-refractivity contribution is 6.33. The molecular weight excluding hydrogens is 257 g/mol. The lowest BCUT2D eigenvalue weighted by molar-refractivity contribution is -0.140. The SMILES string of the molecule is [N-]=[N+]=Nc1c(Cl)cc(C(F)(F)F)c(F)c1F. The molecule has 0 N–H and O–H groups in total. The van der Waals surface area contributed by atoms with E-state index in [2.05, 4.69) is 10.0 Å². The Hall–Kier alpha value is -1.53. The maximum Gasteiger partial charge on any atom is 0.419 e. The fourth-order valence-corrected chi connectivity index (χ4v) is 1.16. The minimum atomic E-state index is -5.08. The van der Waals surface area contributed by atoms with Crippen molar-refractivity contribution in [3.8, 4) is 0 Å². The highest BCUT2D eigenvalue weighted by Crippen LogP contribution is 2.39. The molecule has 9 heteroatoms. The first-order chi connectivity index (χ1) is 7.29. The van der Waals surface area contributed by atoms with Gasteiger partial charge in [0.25, 0.3) is 0 Å². The molecule has 0 fully saturated rings. The average molecular weight is 258 g/mol. The lowest BCUT2D eigenvalue weighted by Gasteiger charge is -2.10. The molecule has 0 heterocycles. The van der Waals surface area contributed by atoms with Crippen molar-refractivity contribution in [2.24, 2.45) is 5.11 Å². The molecule has 0 aliphatic rings. The normalized spacial score (nSPS) is 11.1. The van der Waals surface area contributed by atoms with Crippen LogP contribution in [0.1, 0.15) is 5.56 Å². The number of alkyl halides is 3. The van der Waals surface area contributed by atoms with E-state index in [4.69, 9.17) is 17.1 Å². The van der Waals surface area contributed by atoms with E-state index in [1.54, 1.807) is 0 Å². The van der Waals surface area contributed by atoms with Crippen LogP contribution in [0.2, 0.25) is 5.02 Å². The van der Waals surface area contributed by atoms with Crippen molar-refractivity contribution in [1.29, 1.82) is 0 Å². The van der Waals surface area contributed by atoms with Gasteiger partial charge in [0.1, 0.15) is 0 Å². The molecule has 0 spiro atoms. The van der Waals surface area contributed by atoms with E-state index < -0.39 is 34.1 Å². The van der Waals surface area contributed by atoms with Crippen molar-refractivity contribution >= 4 is 17.3 Å². The molecule has 0 unspecified atom stereocenters. The van der Waals surface area contributed by atoms with Gasteiger partial charge in [-0.2, -0.15) is 13.2 Å². The van der Waals surface area contributed by atoms with Crippen molar-refractivity contribution in [3.63, 3.8) is 0 Å². The molecular formula is C7HClF5N3. The molecule has 0 radical (unpaired) electrons. The highest BCUT2D eigenvalue weighted by Gasteiger charge is 2.37. The maximum atomic E-state index is 13.0. The Bertz CT molecular complexity index is 478. The van der Waals surface area contributed by atoms with Crippen LogP contribution < -0.4 is 0 Å². The van der Waals surface area contributed by atoms with E-state index in [1.807, 2.05) is 0 Å². The predicted molar refractivity (Wildman–Crippen MR) is 45.2 cm³/mol. The summed E-state index contributed by atoms with van der Waals surface area (Å²) in [6.07, 6.45) is -5.08. The van der Waals surface area contributed by atoms with Crippen LogP contribution in [0.15, 0.2) is 11.2 Å². The van der Waals surface area contributed by atoms with Gasteiger partial charge in [-0.15, -0.1) is 0 Å². The summed E-state index contributed by atoms with van der Waals surface area (Å²) in [5.74, 6) is -4.09. The smallest absolute Gasteiger partial charge is 0.203 e. The van der Waals surface area contributed by atoms with E-state index in [1.165, 1.54) is 0 Å². The Morgan fingerprint density at radius 2 is 1.81 bits per heavy atom. The van der Waals surface area contributed by atoms with Crippen LogP contribution in [-0.2, 0) is 6.18 Å². The van der Waals surface area contributed by atoms with E-state index in [0.717, 1.165) is 0 Å². The molecule has 1 rings (SSSR count). The molecule has 0 bridgehead atoms. The highest BCUT2D eigenvalue weighted by atomic mass is 35.5. The Morgan fingerprint density at radius 3 is 2.25 bits per heavy atom. The molecule has 86 valence electrons. The molecule has 16 heavy (non-hydrogen) atoms. The van der Waals surface area contributed by atoms with Gasteiger partial charge in [0.05, 0.1) is 16.3 Å². The summed E-state index contributed by atoms with van der Waals surface area (Å²) in [5, 5.41) is 1.84. The summed E-state index contributed by atoms with van der Waals surface area (Å²) >= 11 is 5.22. The lowest BCUT2D eigenvalue weighted by Crippen LogP contribution is -2.09. The third kappa shape index (κ3) is 2.17. The first-order valence-corrected chi connectivity index (χ1v) is 3.96. The maximum absolute atomic E-state index is 13.0. The van der Waals surface area contributed by atoms with Crippen molar-refractivity contribution in [1.82, 2.24) is 0 Å². The molecule has 0 atom stereocenters. The van der Waals surface area contributed by atoms with Gasteiger partial charge < -0.3 is 0 Å². The number of rotatable bonds is 1. The molecule has 0 aliphatic carbocycles. The minimum Gasteiger partial charge on any atom is -0.203 e. The monoisotopic (exact) mass is 257 g/mol. The van der Waals surface area contributed by atoms with Crippen molar-refractivity contribution < 1.29 is 22.0 Å². The minimum absolute atomic E-state index is 0.157. The fourth-order valence-electron chi connectivity index (χ4n) is 0.928. The van der Waals surface area contributed by atoms with E-state index in [-0.39, 0.29) is 6.07 Å². The Kier molecular flexibility index (Phi) is 3.25. The zero-order valence-corrected chi connectivity index (χ0v) is 7.94. The van der Waals surface area contributed by atoms with Gasteiger partial charge in [-0.05, 0) is 11.6 Å². The molecule has 1 aromatic carbocycles. The summed E-state index contributed by atoms with van der Waals surface area (Å²) in [6, 6.07) is 0.157. The number of nitrogens with zero attached hydrogens (tertiary/aromatic N) is 3. The number of hydrogen-bond acceptors (Lipinski definition) is 1. The van der Waals surface area contributed by atoms with Crippen LogP contribution in [0.3, 0.4) is 0 Å². The van der Waals surface area contributed by atoms with Crippen LogP contribution >= 0.6 is 11.6 Å². The largest absolute Gasteiger partial charge is 0.419 e. The Morgan fingerprint density at radius 1 is 1.25 bits per heavy atom. The quantitative estimate of drug-likeness (QED) is 0.232. The van der Waals surface area contributed by atoms with Crippen LogP contribution in [-0.4, -0.2) is 0 Å². The lowest BCUT2D eigenvalue weighted by atomic mass is 10.1. The average Bonchev–Trinajstić information content (AvgIpc) is 2.16.